The number of phenols is 1. The Morgan fingerprint density at radius 2 is 1.03 bits per heavy atom. The van der Waals surface area contributed by atoms with Gasteiger partial charge in [0.1, 0.15) is 72.2 Å². The molecule has 22 N–H and O–H groups in total. The molecule has 0 radical (unpaired) electrons. The number of rotatable bonds is 22. The summed E-state index contributed by atoms with van der Waals surface area (Å²) in [6.07, 6.45) is -1.18. The maximum Gasteiger partial charge on any atom is 0.327 e. The van der Waals surface area contributed by atoms with Crippen molar-refractivity contribution in [3.8, 4) is 5.75 Å². The number of carbonyl (C=O) groups excluding carboxylic acids is 12. The van der Waals surface area contributed by atoms with Crippen molar-refractivity contribution in [2.75, 3.05) is 31.2 Å². The fourth-order valence-electron chi connectivity index (χ4n) is 13.1. The molecule has 13 atom stereocenters. The van der Waals surface area contributed by atoms with Gasteiger partial charge in [0.25, 0.3) is 0 Å². The minimum atomic E-state index is -1.87. The van der Waals surface area contributed by atoms with Gasteiger partial charge in [0.2, 0.25) is 70.9 Å². The number of aromatic amines is 1. The summed E-state index contributed by atoms with van der Waals surface area (Å²) in [6, 6.07) is 17.5. The number of carboxylic acid groups (broad SMARTS) is 1. The first-order chi connectivity index (χ1) is 56.1. The Morgan fingerprint density at radius 3 is 1.62 bits per heavy atom. The average Bonchev–Trinajstić information content (AvgIpc) is 1.54. The Kier molecular flexibility index (Phi) is 36.6. The molecule has 6 aromatic rings. The number of H-pyrrole nitrogens is 1. The van der Waals surface area contributed by atoms with E-state index < -0.39 is 181 Å². The summed E-state index contributed by atoms with van der Waals surface area (Å²) >= 11 is 0. The van der Waals surface area contributed by atoms with Crippen LogP contribution in [0.15, 0.2) is 140 Å². The number of hydrogen-bond donors (Lipinski definition) is 20. The second-order valence-electron chi connectivity index (χ2n) is 29.4. The van der Waals surface area contributed by atoms with Crippen molar-refractivity contribution >= 4 is 109 Å². The van der Waals surface area contributed by atoms with E-state index in [1.165, 1.54) is 31.2 Å². The number of nitrogens with one attached hydrogen (secondary N) is 14. The van der Waals surface area contributed by atoms with Gasteiger partial charge in [0.05, 0.1) is 18.8 Å². The quantitative estimate of drug-likeness (QED) is 0.0314. The van der Waals surface area contributed by atoms with Crippen molar-refractivity contribution in [2.24, 2.45) is 11.5 Å². The van der Waals surface area contributed by atoms with E-state index in [0.29, 0.717) is 51.7 Å². The van der Waals surface area contributed by atoms with Gasteiger partial charge in [-0.1, -0.05) is 164 Å². The lowest BCUT2D eigenvalue weighted by Gasteiger charge is -2.29. The van der Waals surface area contributed by atoms with Gasteiger partial charge in [0, 0.05) is 79.8 Å². The van der Waals surface area contributed by atoms with Crippen molar-refractivity contribution in [3.63, 3.8) is 0 Å². The number of aliphatic carboxylic acids is 1. The summed E-state index contributed by atoms with van der Waals surface area (Å²) in [5.74, 6) is -14.0. The van der Waals surface area contributed by atoms with Gasteiger partial charge in [-0.05, 0) is 110 Å². The number of aromatic nitrogens is 1. The highest BCUT2D eigenvalue weighted by Gasteiger charge is 2.39. The Morgan fingerprint density at radius 1 is 0.521 bits per heavy atom. The normalized spacial score (nSPS) is 23.5. The third-order valence-corrected chi connectivity index (χ3v) is 22.2. The van der Waals surface area contributed by atoms with Crippen LogP contribution in [0.5, 0.6) is 5.75 Å². The van der Waals surface area contributed by atoms with Crippen molar-refractivity contribution < 1.29 is 82.8 Å². The fraction of sp³-hybridized carbons (Fsp3) is 0.451. The highest BCUT2D eigenvalue weighted by atomic mass is 33.1. The number of amides is 12. The van der Waals surface area contributed by atoms with Crippen LogP contribution < -0.4 is 80.6 Å². The summed E-state index contributed by atoms with van der Waals surface area (Å²) in [5.41, 5.74) is 16.4. The summed E-state index contributed by atoms with van der Waals surface area (Å²) in [5, 5.41) is 78.7. The molecule has 3 heterocycles. The van der Waals surface area contributed by atoms with Crippen molar-refractivity contribution in [2.45, 2.75) is 202 Å². The number of hydrogen-bond acceptors (Lipinski definition) is 21. The SMILES string of the molecule is CC(C)NCc1ccc(C[C@@H]2NC(=O)[C@@H](Cc3c[nH]c4ccccc34)NC(=O)[C@@H]3CCC(=O)NCCCCC[C@H](NC(=O)[C@H](Cc4ccccc4)NC(=O)[C@H]([C@@H](C)O)NC2=O)C(=O)N[C@@H](CO)C(=O)N[C@H](C(=O)O)CSSC[C@H](NC(=O)[C@@H](N)Cc2ccc(O)cc2)C(=O)N[C@@H](CCCCN)C(=O)N[C@@H](Cc2ccccc2)C(=O)N3)cc1. The number of para-hydroxylation sites is 1. The second kappa shape index (κ2) is 46.7. The van der Waals surface area contributed by atoms with Crippen LogP contribution in [0, 0.1) is 0 Å². The predicted octanol–water partition coefficient (Wildman–Crippen LogP) is -0.00300. The molecule has 2 aliphatic rings. The topological polar surface area (TPSA) is 527 Å². The van der Waals surface area contributed by atoms with Gasteiger partial charge in [-0.2, -0.15) is 0 Å². The van der Waals surface area contributed by atoms with Crippen LogP contribution in [0.25, 0.3) is 10.9 Å². The predicted molar refractivity (Wildman–Crippen MR) is 440 cm³/mol. The number of phenolic OH excluding ortho intramolecular Hbond substituents is 1. The van der Waals surface area contributed by atoms with E-state index in [1.54, 1.807) is 103 Å². The molecule has 35 heteroatoms. The van der Waals surface area contributed by atoms with E-state index in [9.17, 15) is 54.0 Å². The van der Waals surface area contributed by atoms with Crippen LogP contribution in [0.4, 0.5) is 0 Å². The van der Waals surface area contributed by atoms with Gasteiger partial charge >= 0.3 is 5.97 Å². The lowest BCUT2D eigenvalue weighted by Crippen LogP contribution is -2.62. The molecule has 2 fully saturated rings. The van der Waals surface area contributed by atoms with E-state index >= 15 is 28.8 Å². The number of carbonyl (C=O) groups is 13. The summed E-state index contributed by atoms with van der Waals surface area (Å²) in [4.78, 5) is 195. The lowest BCUT2D eigenvalue weighted by molar-refractivity contribution is -0.142. The minimum Gasteiger partial charge on any atom is -0.508 e. The number of carboxylic acids is 1. The average molecular weight is 1650 g/mol. The van der Waals surface area contributed by atoms with Crippen molar-refractivity contribution in [1.29, 1.82) is 0 Å². The van der Waals surface area contributed by atoms with Crippen LogP contribution in [-0.2, 0) is 101 Å². The molecule has 1 aromatic heterocycles. The van der Waals surface area contributed by atoms with Gasteiger partial charge in [-0.15, -0.1) is 0 Å². The molecule has 33 nitrogen and oxygen atoms in total. The Labute approximate surface area is 686 Å². The van der Waals surface area contributed by atoms with Crippen LogP contribution in [0.1, 0.15) is 112 Å². The first kappa shape index (κ1) is 91.6. The maximum atomic E-state index is 15.6. The fourth-order valence-corrected chi connectivity index (χ4v) is 15.4. The molecule has 2 saturated heterocycles. The van der Waals surface area contributed by atoms with Crippen molar-refractivity contribution in [1.82, 2.24) is 74.1 Å². The largest absolute Gasteiger partial charge is 0.508 e. The van der Waals surface area contributed by atoms with E-state index in [2.05, 4.69) is 74.1 Å². The van der Waals surface area contributed by atoms with Crippen LogP contribution in [0.3, 0.4) is 0 Å². The van der Waals surface area contributed by atoms with Gasteiger partial charge in [0.15, 0.2) is 0 Å². The zero-order chi connectivity index (χ0) is 84.5. The van der Waals surface area contributed by atoms with Crippen LogP contribution in [0.2, 0.25) is 0 Å². The zero-order valence-corrected chi connectivity index (χ0v) is 67.2. The Balaban J connectivity index is 1.25. The number of aliphatic hydroxyl groups excluding tert-OH is 2. The van der Waals surface area contributed by atoms with E-state index in [4.69, 9.17) is 11.5 Å². The lowest BCUT2D eigenvalue weighted by atomic mass is 9.99. The molecule has 12 amide bonds. The number of fused-ring (bicyclic) bond motifs is 11. The van der Waals surface area contributed by atoms with E-state index in [0.717, 1.165) is 27.2 Å². The number of benzene rings is 5. The Hall–Kier alpha value is -11.0. The molecule has 2 bridgehead atoms. The summed E-state index contributed by atoms with van der Waals surface area (Å²) in [6.45, 7) is 4.71. The number of nitrogens with two attached hydrogens (primary N) is 2. The number of aliphatic hydroxyl groups is 2. The van der Waals surface area contributed by atoms with Crippen LogP contribution >= 0.6 is 21.6 Å². The monoisotopic (exact) mass is 1650 g/mol. The molecule has 0 unspecified atom stereocenters. The molecule has 2 aliphatic heterocycles. The highest BCUT2D eigenvalue weighted by molar-refractivity contribution is 8.76. The van der Waals surface area contributed by atoms with Crippen molar-refractivity contribution in [3.05, 3.63) is 173 Å². The van der Waals surface area contributed by atoms with Crippen LogP contribution in [-0.4, -0.2) is 218 Å². The van der Waals surface area contributed by atoms with Gasteiger partial charge in [-0.25, -0.2) is 4.79 Å². The van der Waals surface area contributed by atoms with E-state index in [-0.39, 0.29) is 101 Å². The van der Waals surface area contributed by atoms with Gasteiger partial charge in [-0.3, -0.25) is 57.5 Å². The Bertz CT molecular complexity index is 4340. The number of unbranched alkanes of at least 4 members (excludes halogenated alkanes) is 1. The third kappa shape index (κ3) is 29.6. The molecule has 0 spiro atoms. The smallest absolute Gasteiger partial charge is 0.327 e. The first-order valence-electron chi connectivity index (χ1n) is 39.2. The maximum absolute atomic E-state index is 15.6. The molecular formula is C82H108N16O17S2. The molecule has 0 aliphatic carbocycles. The number of aromatic hydroxyl groups is 1. The summed E-state index contributed by atoms with van der Waals surface area (Å²) < 4.78 is 0. The molecule has 117 heavy (non-hydrogen) atoms. The first-order valence-corrected chi connectivity index (χ1v) is 41.7. The molecule has 5 aromatic carbocycles. The third-order valence-electron chi connectivity index (χ3n) is 19.8. The minimum absolute atomic E-state index is 0.00527. The van der Waals surface area contributed by atoms with E-state index in [1.807, 2.05) is 26.0 Å². The highest BCUT2D eigenvalue weighted by Crippen LogP contribution is 2.25. The molecular weight excluding hydrogens is 1550 g/mol. The molecule has 630 valence electrons. The second-order valence-corrected chi connectivity index (χ2v) is 32.0. The molecule has 8 rings (SSSR count). The standard InChI is InChI=1S/C82H108N16O17S2/c1-47(2)86-42-53-27-25-52(26-28-53)40-64-78(110)98-70(48(3)100)81(113)94-63(39-50-19-9-5-10-20-50)76(108)88-59-23-11-6-16-36-85-69(102)34-33-61(74(106)93-65(77(109)92-64)41-54-43-87-58-22-13-12-21-56(54)58)90-75(107)62(38-49-17-7-4-8-18-49)91-72(104)60(24-14-15-35-83)89-80(112)67(96-71(103)57(84)37-51-29-31-55(101)32-30-51)45-116-117-46-68(82(114)115)97-79(111)66(44-99)95-73(59)105/h4-5,7-10,12-13,17-22,25-32,43,47-48,57,59-68,70,86-87,99-101H,6,11,14-16,23-24,33-42,44-46,83-84H2,1-3H3,(H,85,102)(H,88,108)(H,89,112)(H,90,107)(H,91,104)(H,92,109)(H,93,106)(H,94,113)(H,95,105)(H,96,103)(H,97,111)(H,98,110)(H,114,115)/t48-,57+,59+,60+,61+,62+,63+,64+,65-,66+,67+,68+,70+/m1/s1. The summed E-state index contributed by atoms with van der Waals surface area (Å²) in [7, 11) is 1.70. The molecule has 0 saturated carbocycles. The van der Waals surface area contributed by atoms with Gasteiger partial charge < -0.3 is 106 Å². The zero-order valence-electron chi connectivity index (χ0n) is 65.6.